The van der Waals surface area contributed by atoms with E-state index in [0.29, 0.717) is 23.5 Å². The van der Waals surface area contributed by atoms with E-state index < -0.39 is 6.10 Å². The molecule has 1 heterocycles. The number of aliphatic hydroxyl groups excluding tert-OH is 2. The molecule has 0 saturated carbocycles. The zero-order chi connectivity index (χ0) is 21.9. The van der Waals surface area contributed by atoms with Gasteiger partial charge in [-0.05, 0) is 48.4 Å². The highest BCUT2D eigenvalue weighted by atomic mass is 35.5. The number of hydrogen-bond donors (Lipinski definition) is 3. The van der Waals surface area contributed by atoms with Gasteiger partial charge in [-0.3, -0.25) is 0 Å². The first-order valence-corrected chi connectivity index (χ1v) is 10.00. The van der Waals surface area contributed by atoms with Crippen molar-refractivity contribution in [2.75, 3.05) is 19.8 Å². The van der Waals surface area contributed by atoms with Crippen LogP contribution < -0.4 is 14.8 Å². The van der Waals surface area contributed by atoms with Gasteiger partial charge in [0.25, 0.3) is 0 Å². The van der Waals surface area contributed by atoms with E-state index in [1.165, 1.54) is 0 Å². The number of aliphatic hydroxyl groups is 2. The number of aromatic nitrogens is 1. The average Bonchev–Trinajstić information content (AvgIpc) is 2.81. The minimum Gasteiger partial charge on any atom is -0.491 e. The molecule has 3 aromatic rings. The van der Waals surface area contributed by atoms with Gasteiger partial charge in [0.1, 0.15) is 35.8 Å². The molecule has 0 radical (unpaired) electrons. The number of para-hydroxylation sites is 1. The zero-order valence-electron chi connectivity index (χ0n) is 17.4. The van der Waals surface area contributed by atoms with Crippen LogP contribution in [0.5, 0.6) is 17.4 Å². The number of pyridine rings is 1. The van der Waals surface area contributed by atoms with E-state index in [1.54, 1.807) is 24.4 Å². The van der Waals surface area contributed by atoms with E-state index in [-0.39, 0.29) is 44.1 Å². The van der Waals surface area contributed by atoms with Crippen LogP contribution >= 0.6 is 12.4 Å². The van der Waals surface area contributed by atoms with Crippen molar-refractivity contribution in [3.63, 3.8) is 0 Å². The molecular weight excluding hydrogens is 430 g/mol. The first kappa shape index (κ1) is 25.1. The first-order chi connectivity index (χ1) is 15.2. The van der Waals surface area contributed by atoms with Gasteiger partial charge in [0.05, 0.1) is 6.61 Å². The highest BCUT2D eigenvalue weighted by Crippen LogP contribution is 2.23. The number of ether oxygens (including phenoxy) is 2. The third-order valence-corrected chi connectivity index (χ3v) is 4.53. The molecule has 3 N–H and O–H groups in total. The van der Waals surface area contributed by atoms with Gasteiger partial charge < -0.3 is 25.0 Å². The molecule has 0 aliphatic rings. The average molecular weight is 456 g/mol. The standard InChI is InChI=1S/C24H25N3O4.ClH/c25-14-19-7-5-11-26-24(19)31-23-10-4-6-18(13-23)12-20(16-28)27-15-21(29)17-30-22-8-2-1-3-9-22;/h1-11,13,20-21,27-29H,12,15-17H2;1H. The minimum absolute atomic E-state index is 0. The van der Waals surface area contributed by atoms with Gasteiger partial charge in [-0.15, -0.1) is 12.4 Å². The molecule has 0 bridgehead atoms. The highest BCUT2D eigenvalue weighted by Gasteiger charge is 2.13. The van der Waals surface area contributed by atoms with Crippen molar-refractivity contribution in [3.8, 4) is 23.4 Å². The molecule has 3 rings (SSSR count). The smallest absolute Gasteiger partial charge is 0.237 e. The monoisotopic (exact) mass is 455 g/mol. The van der Waals surface area contributed by atoms with Gasteiger partial charge >= 0.3 is 0 Å². The Hall–Kier alpha value is -3.15. The topological polar surface area (TPSA) is 108 Å². The molecule has 8 heteroatoms. The Morgan fingerprint density at radius 2 is 1.81 bits per heavy atom. The van der Waals surface area contributed by atoms with Crippen molar-refractivity contribution in [2.45, 2.75) is 18.6 Å². The largest absolute Gasteiger partial charge is 0.491 e. The number of nitriles is 1. The van der Waals surface area contributed by atoms with Crippen LogP contribution in [0.2, 0.25) is 0 Å². The summed E-state index contributed by atoms with van der Waals surface area (Å²) in [5, 5.41) is 32.2. The molecule has 0 fully saturated rings. The molecule has 0 aliphatic carbocycles. The van der Waals surface area contributed by atoms with E-state index in [9.17, 15) is 15.5 Å². The van der Waals surface area contributed by atoms with E-state index >= 15 is 0 Å². The number of benzene rings is 2. The quantitative estimate of drug-likeness (QED) is 0.407. The molecule has 2 unspecified atom stereocenters. The SMILES string of the molecule is Cl.N#Cc1cccnc1Oc1cccc(CC(CO)NCC(O)COc2ccccc2)c1. The van der Waals surface area contributed by atoms with Gasteiger partial charge in [0.2, 0.25) is 5.88 Å². The summed E-state index contributed by atoms with van der Waals surface area (Å²) in [7, 11) is 0. The van der Waals surface area contributed by atoms with Gasteiger partial charge in [-0.25, -0.2) is 4.98 Å². The maximum absolute atomic E-state index is 10.2. The van der Waals surface area contributed by atoms with Crippen LogP contribution in [0.25, 0.3) is 0 Å². The van der Waals surface area contributed by atoms with Crippen LogP contribution in [0.4, 0.5) is 0 Å². The van der Waals surface area contributed by atoms with E-state index in [2.05, 4.69) is 16.4 Å². The molecule has 0 aliphatic heterocycles. The summed E-state index contributed by atoms with van der Waals surface area (Å²) < 4.78 is 11.3. The fraction of sp³-hybridized carbons (Fsp3) is 0.250. The summed E-state index contributed by atoms with van der Waals surface area (Å²) in [6.45, 7) is 0.355. The second-order valence-corrected chi connectivity index (χ2v) is 6.99. The fourth-order valence-electron chi connectivity index (χ4n) is 2.96. The maximum atomic E-state index is 10.2. The summed E-state index contributed by atoms with van der Waals surface area (Å²) in [6.07, 6.45) is 1.39. The van der Waals surface area contributed by atoms with Crippen molar-refractivity contribution in [1.29, 1.82) is 5.26 Å². The third-order valence-electron chi connectivity index (χ3n) is 4.53. The number of nitrogens with one attached hydrogen (secondary N) is 1. The Morgan fingerprint density at radius 1 is 1.03 bits per heavy atom. The molecule has 2 atom stereocenters. The number of nitrogens with zero attached hydrogens (tertiary/aromatic N) is 2. The molecule has 1 aromatic heterocycles. The minimum atomic E-state index is -0.711. The number of rotatable bonds is 11. The maximum Gasteiger partial charge on any atom is 0.237 e. The van der Waals surface area contributed by atoms with Crippen LogP contribution in [0.1, 0.15) is 11.1 Å². The second-order valence-electron chi connectivity index (χ2n) is 6.99. The highest BCUT2D eigenvalue weighted by molar-refractivity contribution is 5.85. The van der Waals surface area contributed by atoms with Crippen LogP contribution in [-0.4, -0.2) is 47.1 Å². The van der Waals surface area contributed by atoms with E-state index in [4.69, 9.17) is 9.47 Å². The lowest BCUT2D eigenvalue weighted by Crippen LogP contribution is -2.41. The Morgan fingerprint density at radius 3 is 2.56 bits per heavy atom. The van der Waals surface area contributed by atoms with Gasteiger partial charge in [0.15, 0.2) is 0 Å². The van der Waals surface area contributed by atoms with Crippen molar-refractivity contribution in [3.05, 3.63) is 84.1 Å². The van der Waals surface area contributed by atoms with E-state index in [0.717, 1.165) is 5.56 Å². The zero-order valence-corrected chi connectivity index (χ0v) is 18.2. The normalized spacial score (nSPS) is 12.2. The van der Waals surface area contributed by atoms with Crippen molar-refractivity contribution < 1.29 is 19.7 Å². The Bertz CT molecular complexity index is 998. The lowest BCUT2D eigenvalue weighted by molar-refractivity contribution is 0.0997. The predicted octanol–water partition coefficient (Wildman–Crippen LogP) is 3.10. The molecule has 7 nitrogen and oxygen atoms in total. The second kappa shape index (κ2) is 13.3. The van der Waals surface area contributed by atoms with Crippen LogP contribution in [0, 0.1) is 11.3 Å². The summed E-state index contributed by atoms with van der Waals surface area (Å²) in [4.78, 5) is 4.10. The van der Waals surface area contributed by atoms with Gasteiger partial charge in [-0.2, -0.15) is 5.26 Å². The Kier molecular flexibility index (Phi) is 10.4. The molecular formula is C24H26ClN3O4. The van der Waals surface area contributed by atoms with Crippen molar-refractivity contribution in [1.82, 2.24) is 10.3 Å². The summed E-state index contributed by atoms with van der Waals surface area (Å²) in [6, 6.07) is 21.8. The van der Waals surface area contributed by atoms with Crippen molar-refractivity contribution >= 4 is 12.4 Å². The Balaban J connectivity index is 0.00000363. The van der Waals surface area contributed by atoms with Gasteiger partial charge in [0, 0.05) is 18.8 Å². The lowest BCUT2D eigenvalue weighted by atomic mass is 10.1. The van der Waals surface area contributed by atoms with Gasteiger partial charge in [-0.1, -0.05) is 30.3 Å². The van der Waals surface area contributed by atoms with Crippen LogP contribution in [0.3, 0.4) is 0 Å². The third kappa shape index (κ3) is 7.84. The molecule has 2 aromatic carbocycles. The molecule has 0 spiro atoms. The van der Waals surface area contributed by atoms with E-state index in [1.807, 2.05) is 48.5 Å². The Labute approximate surface area is 193 Å². The van der Waals surface area contributed by atoms with Crippen LogP contribution in [0.15, 0.2) is 72.9 Å². The number of halogens is 1. The molecule has 0 saturated heterocycles. The summed E-state index contributed by atoms with van der Waals surface area (Å²) in [5.74, 6) is 1.51. The van der Waals surface area contributed by atoms with Crippen LogP contribution in [-0.2, 0) is 6.42 Å². The number of hydrogen-bond acceptors (Lipinski definition) is 7. The fourth-order valence-corrected chi connectivity index (χ4v) is 2.96. The lowest BCUT2D eigenvalue weighted by Gasteiger charge is -2.19. The summed E-state index contributed by atoms with van der Waals surface area (Å²) in [5.41, 5.74) is 1.29. The molecule has 168 valence electrons. The molecule has 0 amide bonds. The molecule has 32 heavy (non-hydrogen) atoms. The summed E-state index contributed by atoms with van der Waals surface area (Å²) >= 11 is 0. The first-order valence-electron chi connectivity index (χ1n) is 10.00. The predicted molar refractivity (Wildman–Crippen MR) is 123 cm³/mol. The van der Waals surface area contributed by atoms with Crippen molar-refractivity contribution in [2.24, 2.45) is 0 Å².